The van der Waals surface area contributed by atoms with Gasteiger partial charge in [0.1, 0.15) is 11.6 Å². The first-order chi connectivity index (χ1) is 15.8. The highest BCUT2D eigenvalue weighted by molar-refractivity contribution is 5.77. The summed E-state index contributed by atoms with van der Waals surface area (Å²) in [5, 5.41) is 5.83. The van der Waals surface area contributed by atoms with Gasteiger partial charge in [-0.15, -0.1) is 0 Å². The summed E-state index contributed by atoms with van der Waals surface area (Å²) in [6.45, 7) is 2.85. The Morgan fingerprint density at radius 3 is 2.45 bits per heavy atom. The lowest BCUT2D eigenvalue weighted by molar-refractivity contribution is -0.137. The molecular formula is C23H24F3N5O2. The van der Waals surface area contributed by atoms with Crippen LogP contribution in [0.25, 0.3) is 0 Å². The smallest absolute Gasteiger partial charge is 0.419 e. The van der Waals surface area contributed by atoms with E-state index in [4.69, 9.17) is 15.2 Å². The summed E-state index contributed by atoms with van der Waals surface area (Å²) < 4.78 is 51.7. The Kier molecular flexibility index (Phi) is 6.45. The molecular weight excluding hydrogens is 435 g/mol. The second-order valence-corrected chi connectivity index (χ2v) is 7.43. The number of nitrogen functional groups attached to an aromatic ring is 1. The van der Waals surface area contributed by atoms with Gasteiger partial charge >= 0.3 is 6.18 Å². The van der Waals surface area contributed by atoms with Crippen LogP contribution < -0.4 is 26.0 Å². The summed E-state index contributed by atoms with van der Waals surface area (Å²) >= 11 is 0. The first kappa shape index (κ1) is 22.5. The maximum Gasteiger partial charge on any atom is 0.419 e. The normalized spacial score (nSPS) is 14.1. The first-order valence-electron chi connectivity index (χ1n) is 10.3. The van der Waals surface area contributed by atoms with Crippen molar-refractivity contribution < 1.29 is 22.6 Å². The minimum atomic E-state index is -4.59. The lowest BCUT2D eigenvalue weighted by atomic mass is 10.2. The number of anilines is 6. The van der Waals surface area contributed by atoms with Crippen molar-refractivity contribution in [3.63, 3.8) is 0 Å². The predicted octanol–water partition coefficient (Wildman–Crippen LogP) is 5.02. The molecule has 10 heteroatoms. The number of nitrogens with two attached hydrogens (primary N) is 1. The Morgan fingerprint density at radius 2 is 1.76 bits per heavy atom. The fraction of sp³-hybridized carbons (Fsp3) is 0.261. The molecule has 1 saturated heterocycles. The number of para-hydroxylation sites is 2. The predicted molar refractivity (Wildman–Crippen MR) is 123 cm³/mol. The van der Waals surface area contributed by atoms with Crippen molar-refractivity contribution >= 4 is 34.3 Å². The van der Waals surface area contributed by atoms with E-state index < -0.39 is 11.7 Å². The molecule has 2 aromatic carbocycles. The largest absolute Gasteiger partial charge is 0.494 e. The van der Waals surface area contributed by atoms with Crippen LogP contribution in [-0.4, -0.2) is 38.4 Å². The number of hydrogen-bond donors (Lipinski definition) is 3. The number of hydrogen-bond acceptors (Lipinski definition) is 7. The van der Waals surface area contributed by atoms with Crippen molar-refractivity contribution in [2.24, 2.45) is 0 Å². The molecule has 0 bridgehead atoms. The Morgan fingerprint density at radius 1 is 1.00 bits per heavy atom. The molecule has 1 aromatic heterocycles. The van der Waals surface area contributed by atoms with E-state index >= 15 is 0 Å². The van der Waals surface area contributed by atoms with Crippen LogP contribution >= 0.6 is 0 Å². The molecule has 4 rings (SSSR count). The molecule has 2 heterocycles. The standard InChI is InChI=1S/C23H24F3N5O2/c1-32-21-12-15(31-8-10-33-11-9-31)6-7-19(21)30-22-13-20(16(14-28-22)23(24,25)26)29-18-5-3-2-4-17(18)27/h2-7,12-14H,8-11,27H2,1H3,(H2,28,29,30). The summed E-state index contributed by atoms with van der Waals surface area (Å²) in [6, 6.07) is 13.5. The average molecular weight is 459 g/mol. The van der Waals surface area contributed by atoms with Gasteiger partial charge in [-0.3, -0.25) is 0 Å². The lowest BCUT2D eigenvalue weighted by Crippen LogP contribution is -2.36. The van der Waals surface area contributed by atoms with Gasteiger partial charge in [-0.25, -0.2) is 4.98 Å². The van der Waals surface area contributed by atoms with Crippen LogP contribution in [0.1, 0.15) is 5.56 Å². The van der Waals surface area contributed by atoms with Crippen molar-refractivity contribution in [1.82, 2.24) is 4.98 Å². The second kappa shape index (κ2) is 9.45. The molecule has 0 aliphatic carbocycles. The van der Waals surface area contributed by atoms with Gasteiger partial charge in [0.25, 0.3) is 0 Å². The highest BCUT2D eigenvalue weighted by Crippen LogP contribution is 2.39. The van der Waals surface area contributed by atoms with Gasteiger partial charge in [0.15, 0.2) is 0 Å². The molecule has 33 heavy (non-hydrogen) atoms. The zero-order valence-electron chi connectivity index (χ0n) is 17.9. The third-order valence-corrected chi connectivity index (χ3v) is 5.26. The number of alkyl halides is 3. The molecule has 0 saturated carbocycles. The van der Waals surface area contributed by atoms with Crippen molar-refractivity contribution in [1.29, 1.82) is 0 Å². The van der Waals surface area contributed by atoms with Crippen molar-refractivity contribution in [2.45, 2.75) is 6.18 Å². The Hall–Kier alpha value is -3.66. The number of nitrogens with one attached hydrogen (secondary N) is 2. The number of morpholine rings is 1. The Labute approximate surface area is 189 Å². The maximum atomic E-state index is 13.6. The number of benzene rings is 2. The van der Waals surface area contributed by atoms with Gasteiger partial charge < -0.3 is 30.7 Å². The van der Waals surface area contributed by atoms with E-state index in [0.717, 1.165) is 25.0 Å². The SMILES string of the molecule is COc1cc(N2CCOCC2)ccc1Nc1cc(Nc2ccccc2N)c(C(F)(F)F)cn1. The van der Waals surface area contributed by atoms with Crippen LogP contribution in [0, 0.1) is 0 Å². The second-order valence-electron chi connectivity index (χ2n) is 7.43. The van der Waals surface area contributed by atoms with Gasteiger partial charge in [-0.05, 0) is 24.3 Å². The minimum absolute atomic E-state index is 0.165. The number of aromatic nitrogens is 1. The zero-order valence-corrected chi connectivity index (χ0v) is 17.9. The number of halogens is 3. The molecule has 1 fully saturated rings. The van der Waals surface area contributed by atoms with E-state index in [2.05, 4.69) is 20.5 Å². The highest BCUT2D eigenvalue weighted by Gasteiger charge is 2.34. The number of ether oxygens (including phenoxy) is 2. The van der Waals surface area contributed by atoms with Gasteiger partial charge in [0.05, 0.1) is 48.6 Å². The van der Waals surface area contributed by atoms with Gasteiger partial charge in [-0.2, -0.15) is 13.2 Å². The van der Waals surface area contributed by atoms with Gasteiger partial charge in [0.2, 0.25) is 0 Å². The molecule has 7 nitrogen and oxygen atoms in total. The lowest BCUT2D eigenvalue weighted by Gasteiger charge is -2.29. The molecule has 0 radical (unpaired) electrons. The molecule has 0 atom stereocenters. The van der Waals surface area contributed by atoms with Crippen LogP contribution in [0.4, 0.5) is 47.4 Å². The zero-order chi connectivity index (χ0) is 23.4. The van der Waals surface area contributed by atoms with E-state index in [1.165, 1.54) is 13.2 Å². The van der Waals surface area contributed by atoms with Gasteiger partial charge in [-0.1, -0.05) is 12.1 Å². The van der Waals surface area contributed by atoms with Crippen LogP contribution in [-0.2, 0) is 10.9 Å². The highest BCUT2D eigenvalue weighted by atomic mass is 19.4. The van der Waals surface area contributed by atoms with Crippen LogP contribution in [0.15, 0.2) is 54.7 Å². The van der Waals surface area contributed by atoms with E-state index in [1.807, 2.05) is 18.2 Å². The Balaban J connectivity index is 1.63. The molecule has 1 aliphatic rings. The monoisotopic (exact) mass is 459 g/mol. The third-order valence-electron chi connectivity index (χ3n) is 5.26. The minimum Gasteiger partial charge on any atom is -0.494 e. The quantitative estimate of drug-likeness (QED) is 0.447. The summed E-state index contributed by atoms with van der Waals surface area (Å²) in [5.74, 6) is 0.764. The fourth-order valence-electron chi connectivity index (χ4n) is 3.55. The van der Waals surface area contributed by atoms with Crippen molar-refractivity contribution in [3.05, 3.63) is 60.3 Å². The average Bonchev–Trinajstić information content (AvgIpc) is 2.81. The summed E-state index contributed by atoms with van der Waals surface area (Å²) in [7, 11) is 1.54. The first-order valence-corrected chi connectivity index (χ1v) is 10.3. The number of methoxy groups -OCH3 is 1. The van der Waals surface area contributed by atoms with E-state index in [1.54, 1.807) is 24.3 Å². The molecule has 0 unspecified atom stereocenters. The van der Waals surface area contributed by atoms with Crippen LogP contribution in [0.3, 0.4) is 0 Å². The van der Waals surface area contributed by atoms with E-state index in [9.17, 15) is 13.2 Å². The molecule has 174 valence electrons. The molecule has 4 N–H and O–H groups in total. The fourth-order valence-corrected chi connectivity index (χ4v) is 3.55. The van der Waals surface area contributed by atoms with E-state index in [0.29, 0.717) is 36.0 Å². The molecule has 3 aromatic rings. The van der Waals surface area contributed by atoms with E-state index in [-0.39, 0.29) is 11.5 Å². The summed E-state index contributed by atoms with van der Waals surface area (Å²) in [4.78, 5) is 6.15. The number of pyridine rings is 1. The molecule has 0 amide bonds. The number of rotatable bonds is 6. The topological polar surface area (TPSA) is 84.7 Å². The maximum absolute atomic E-state index is 13.6. The molecule has 0 spiro atoms. The van der Waals surface area contributed by atoms with Crippen molar-refractivity contribution in [2.75, 3.05) is 54.7 Å². The van der Waals surface area contributed by atoms with Crippen LogP contribution in [0.2, 0.25) is 0 Å². The number of nitrogens with zero attached hydrogens (tertiary/aromatic N) is 2. The third kappa shape index (κ3) is 5.23. The Bertz CT molecular complexity index is 1120. The molecule has 1 aliphatic heterocycles. The van der Waals surface area contributed by atoms with Crippen LogP contribution in [0.5, 0.6) is 5.75 Å². The van der Waals surface area contributed by atoms with Gasteiger partial charge in [0, 0.05) is 37.1 Å². The summed E-state index contributed by atoms with van der Waals surface area (Å²) in [5.41, 5.74) is 7.09. The van der Waals surface area contributed by atoms with Crippen molar-refractivity contribution in [3.8, 4) is 5.75 Å². The summed E-state index contributed by atoms with van der Waals surface area (Å²) in [6.07, 6.45) is -3.80.